The van der Waals surface area contributed by atoms with Gasteiger partial charge < -0.3 is 9.32 Å². The highest BCUT2D eigenvalue weighted by Crippen LogP contribution is 2.32. The van der Waals surface area contributed by atoms with E-state index in [0.29, 0.717) is 28.0 Å². The van der Waals surface area contributed by atoms with E-state index in [2.05, 4.69) is 26.9 Å². The Bertz CT molecular complexity index is 1450. The Morgan fingerprint density at radius 1 is 0.778 bits per heavy atom. The number of piperazine rings is 1. The molecule has 0 spiro atoms. The molecule has 6 rings (SSSR count). The van der Waals surface area contributed by atoms with E-state index >= 15 is 0 Å². The minimum absolute atomic E-state index is 0.512. The van der Waals surface area contributed by atoms with Gasteiger partial charge in [0.1, 0.15) is 0 Å². The van der Waals surface area contributed by atoms with Crippen LogP contribution in [-0.4, -0.2) is 57.6 Å². The van der Waals surface area contributed by atoms with Crippen LogP contribution in [0.2, 0.25) is 5.02 Å². The molecule has 36 heavy (non-hydrogen) atoms. The van der Waals surface area contributed by atoms with Gasteiger partial charge in [-0.05, 0) is 48.4 Å². The lowest BCUT2D eigenvalue weighted by Gasteiger charge is -2.35. The Morgan fingerprint density at radius 2 is 1.53 bits per heavy atom. The number of halogens is 1. The Hall–Kier alpha value is -3.81. The molecule has 2 aromatic carbocycles. The lowest BCUT2D eigenvalue weighted by Crippen LogP contribution is -2.47. The zero-order chi connectivity index (χ0) is 24.3. The molecule has 0 bridgehead atoms. The van der Waals surface area contributed by atoms with E-state index in [-0.39, 0.29) is 0 Å². The summed E-state index contributed by atoms with van der Waals surface area (Å²) in [5.41, 5.74) is 4.29. The van der Waals surface area contributed by atoms with Crippen LogP contribution in [0.5, 0.6) is 0 Å². The van der Waals surface area contributed by atoms with Crippen LogP contribution < -0.4 is 4.90 Å². The van der Waals surface area contributed by atoms with Gasteiger partial charge in [-0.2, -0.15) is 4.98 Å². The summed E-state index contributed by atoms with van der Waals surface area (Å²) < 4.78 is 6.26. The van der Waals surface area contributed by atoms with Gasteiger partial charge >= 0.3 is 0 Å². The predicted octanol–water partition coefficient (Wildman–Crippen LogP) is 5.36. The van der Waals surface area contributed by atoms with Crippen LogP contribution in [0.3, 0.4) is 0 Å². The van der Waals surface area contributed by atoms with Gasteiger partial charge in [-0.15, -0.1) is 0 Å². The summed E-state index contributed by atoms with van der Waals surface area (Å²) in [6, 6.07) is 21.6. The average Bonchev–Trinajstić information content (AvgIpc) is 3.37. The highest BCUT2D eigenvalue weighted by molar-refractivity contribution is 6.30. The average molecular weight is 497 g/mol. The van der Waals surface area contributed by atoms with E-state index in [1.807, 2.05) is 67.0 Å². The second kappa shape index (κ2) is 10.0. The molecular formula is C28H25ClN6O. The largest absolute Gasteiger partial charge is 0.430 e. The molecule has 1 fully saturated rings. The Morgan fingerprint density at radius 3 is 2.28 bits per heavy atom. The molecule has 1 aliphatic heterocycles. The molecule has 3 aromatic heterocycles. The van der Waals surface area contributed by atoms with Gasteiger partial charge in [0.05, 0.1) is 0 Å². The molecule has 0 radical (unpaired) electrons. The summed E-state index contributed by atoms with van der Waals surface area (Å²) >= 11 is 6.08. The molecule has 0 amide bonds. The van der Waals surface area contributed by atoms with E-state index < -0.39 is 0 Å². The van der Waals surface area contributed by atoms with Crippen molar-refractivity contribution < 1.29 is 4.42 Å². The van der Waals surface area contributed by atoms with E-state index in [9.17, 15) is 0 Å². The monoisotopic (exact) mass is 496 g/mol. The molecular weight excluding hydrogens is 472 g/mol. The Kier molecular flexibility index (Phi) is 6.32. The number of aromatic nitrogens is 4. The standard InChI is InChI=1S/C28H25ClN6O/c29-23-8-6-22(7-9-23)28-33-26-24(36-28)27(32-25(31-26)21-4-2-1-3-5-21)35-18-16-34(17-19-35)15-12-20-10-13-30-14-11-20/h1-11,13-14H,12,15-19H2. The van der Waals surface area contributed by atoms with E-state index in [4.69, 9.17) is 31.0 Å². The number of pyridine rings is 1. The van der Waals surface area contributed by atoms with Gasteiger partial charge in [0.15, 0.2) is 11.6 Å². The summed E-state index contributed by atoms with van der Waals surface area (Å²) in [5, 5.41) is 0.670. The van der Waals surface area contributed by atoms with Crippen molar-refractivity contribution in [3.05, 3.63) is 89.7 Å². The zero-order valence-electron chi connectivity index (χ0n) is 19.7. The summed E-state index contributed by atoms with van der Waals surface area (Å²) in [6.07, 6.45) is 4.73. The number of hydrogen-bond donors (Lipinski definition) is 0. The maximum atomic E-state index is 6.26. The molecule has 0 aliphatic carbocycles. The topological polar surface area (TPSA) is 71.2 Å². The summed E-state index contributed by atoms with van der Waals surface area (Å²) in [7, 11) is 0. The Balaban J connectivity index is 1.29. The van der Waals surface area contributed by atoms with E-state index in [0.717, 1.165) is 56.1 Å². The van der Waals surface area contributed by atoms with E-state index in [1.165, 1.54) is 5.56 Å². The lowest BCUT2D eigenvalue weighted by molar-refractivity contribution is 0.260. The third-order valence-corrected chi connectivity index (χ3v) is 6.75. The van der Waals surface area contributed by atoms with Crippen molar-refractivity contribution in [2.45, 2.75) is 6.42 Å². The number of rotatable bonds is 6. The molecule has 1 aliphatic rings. The van der Waals surface area contributed by atoms with E-state index in [1.54, 1.807) is 0 Å². The number of fused-ring (bicyclic) bond motifs is 1. The quantitative estimate of drug-likeness (QED) is 0.313. The van der Waals surface area contributed by atoms with Crippen LogP contribution >= 0.6 is 11.6 Å². The van der Waals surface area contributed by atoms with Crippen molar-refractivity contribution in [2.24, 2.45) is 0 Å². The molecule has 0 atom stereocenters. The predicted molar refractivity (Wildman–Crippen MR) is 142 cm³/mol. The third-order valence-electron chi connectivity index (χ3n) is 6.50. The van der Waals surface area contributed by atoms with Gasteiger partial charge in [0, 0.05) is 61.3 Å². The van der Waals surface area contributed by atoms with Crippen molar-refractivity contribution in [1.29, 1.82) is 0 Å². The van der Waals surface area contributed by atoms with Gasteiger partial charge in [-0.3, -0.25) is 9.88 Å². The maximum absolute atomic E-state index is 6.26. The van der Waals surface area contributed by atoms with Gasteiger partial charge in [-0.1, -0.05) is 41.9 Å². The molecule has 4 heterocycles. The Labute approximate surface area is 214 Å². The molecule has 8 heteroatoms. The minimum atomic E-state index is 0.512. The van der Waals surface area contributed by atoms with Crippen LogP contribution in [-0.2, 0) is 6.42 Å². The molecule has 0 unspecified atom stereocenters. The second-order valence-corrected chi connectivity index (χ2v) is 9.29. The summed E-state index contributed by atoms with van der Waals surface area (Å²) in [6.45, 7) is 4.64. The molecule has 5 aromatic rings. The number of hydrogen-bond acceptors (Lipinski definition) is 7. The molecule has 0 saturated carbocycles. The number of anilines is 1. The first-order valence-corrected chi connectivity index (χ1v) is 12.5. The van der Waals surface area contributed by atoms with Crippen LogP contribution in [0.4, 0.5) is 5.82 Å². The molecule has 0 N–H and O–H groups in total. The number of oxazole rings is 1. The van der Waals surface area contributed by atoms with Crippen LogP contribution in [0.1, 0.15) is 5.56 Å². The van der Waals surface area contributed by atoms with Crippen LogP contribution in [0.25, 0.3) is 34.1 Å². The number of benzene rings is 2. The fourth-order valence-electron chi connectivity index (χ4n) is 4.48. The van der Waals surface area contributed by atoms with Gasteiger partial charge in [0.25, 0.3) is 0 Å². The van der Waals surface area contributed by atoms with Crippen molar-refractivity contribution >= 4 is 28.6 Å². The van der Waals surface area contributed by atoms with Crippen molar-refractivity contribution in [2.75, 3.05) is 37.6 Å². The zero-order valence-corrected chi connectivity index (χ0v) is 20.5. The van der Waals surface area contributed by atoms with Crippen LogP contribution in [0.15, 0.2) is 83.5 Å². The molecule has 180 valence electrons. The van der Waals surface area contributed by atoms with Gasteiger partial charge in [0.2, 0.25) is 17.1 Å². The lowest BCUT2D eigenvalue weighted by atomic mass is 10.2. The summed E-state index contributed by atoms with van der Waals surface area (Å²) in [4.78, 5) is 23.3. The highest BCUT2D eigenvalue weighted by Gasteiger charge is 2.24. The van der Waals surface area contributed by atoms with Crippen molar-refractivity contribution in [3.8, 4) is 22.8 Å². The fourth-order valence-corrected chi connectivity index (χ4v) is 4.60. The first-order chi connectivity index (χ1) is 17.7. The fraction of sp³-hybridized carbons (Fsp3) is 0.214. The molecule has 1 saturated heterocycles. The second-order valence-electron chi connectivity index (χ2n) is 8.85. The smallest absolute Gasteiger partial charge is 0.229 e. The first-order valence-electron chi connectivity index (χ1n) is 12.1. The van der Waals surface area contributed by atoms with Crippen molar-refractivity contribution in [1.82, 2.24) is 24.8 Å². The SMILES string of the molecule is Clc1ccc(-c2nc3nc(-c4ccccc4)nc(N4CCN(CCc5ccncc5)CC4)c3o2)cc1. The summed E-state index contributed by atoms with van der Waals surface area (Å²) in [5.74, 6) is 1.95. The third kappa shape index (κ3) is 4.80. The molecule has 7 nitrogen and oxygen atoms in total. The highest BCUT2D eigenvalue weighted by atomic mass is 35.5. The number of nitrogens with zero attached hydrogens (tertiary/aromatic N) is 6. The maximum Gasteiger partial charge on any atom is 0.229 e. The minimum Gasteiger partial charge on any atom is -0.430 e. The van der Waals surface area contributed by atoms with Gasteiger partial charge in [-0.25, -0.2) is 9.97 Å². The first kappa shape index (κ1) is 22.6. The van der Waals surface area contributed by atoms with Crippen LogP contribution in [0, 0.1) is 0 Å². The normalized spacial score (nSPS) is 14.4. The van der Waals surface area contributed by atoms with Crippen molar-refractivity contribution in [3.63, 3.8) is 0 Å².